The Hall–Kier alpha value is -2.44. The lowest BCUT2D eigenvalue weighted by Crippen LogP contribution is -2.41. The van der Waals surface area contributed by atoms with Gasteiger partial charge < -0.3 is 5.32 Å². The number of hydrogen-bond acceptors (Lipinski definition) is 4. The average molecular weight is 374 g/mol. The zero-order chi connectivity index (χ0) is 18.7. The van der Waals surface area contributed by atoms with Crippen molar-refractivity contribution in [3.05, 3.63) is 69.2 Å². The molecule has 2 N–H and O–H groups in total. The van der Waals surface area contributed by atoms with Gasteiger partial charge >= 0.3 is 0 Å². The van der Waals surface area contributed by atoms with Crippen molar-refractivity contribution in [1.29, 1.82) is 0 Å². The summed E-state index contributed by atoms with van der Waals surface area (Å²) in [7, 11) is 0. The van der Waals surface area contributed by atoms with Gasteiger partial charge in [-0.3, -0.25) is 20.2 Å². The van der Waals surface area contributed by atoms with Crippen LogP contribution in [0.1, 0.15) is 31.4 Å². The van der Waals surface area contributed by atoms with Crippen LogP contribution in [0.5, 0.6) is 0 Å². The van der Waals surface area contributed by atoms with E-state index in [1.807, 2.05) is 18.2 Å². The predicted octanol–water partition coefficient (Wildman–Crippen LogP) is 4.32. The minimum atomic E-state index is -0.522. The molecule has 1 aliphatic rings. The van der Waals surface area contributed by atoms with Crippen molar-refractivity contribution in [2.45, 2.75) is 31.8 Å². The van der Waals surface area contributed by atoms with E-state index >= 15 is 0 Å². The molecule has 136 valence electrons. The Morgan fingerprint density at radius 3 is 2.54 bits per heavy atom. The van der Waals surface area contributed by atoms with Gasteiger partial charge in [0.25, 0.3) is 5.69 Å². The number of carbonyl (C=O) groups is 1. The van der Waals surface area contributed by atoms with Crippen LogP contribution in [0.3, 0.4) is 0 Å². The maximum absolute atomic E-state index is 12.6. The minimum Gasteiger partial charge on any atom is -0.323 e. The van der Waals surface area contributed by atoms with Crippen molar-refractivity contribution in [3.63, 3.8) is 0 Å². The van der Waals surface area contributed by atoms with Crippen molar-refractivity contribution in [1.82, 2.24) is 5.32 Å². The maximum atomic E-state index is 12.6. The van der Waals surface area contributed by atoms with Crippen molar-refractivity contribution in [2.24, 2.45) is 5.92 Å². The Morgan fingerprint density at radius 1 is 1.23 bits per heavy atom. The second-order valence-electron chi connectivity index (χ2n) is 6.52. The standard InChI is InChI=1S/C19H20ClN3O3/c1-12(21-18(14-7-8-14)13-5-3-2-4-6-13)19(24)22-17-11-15(23(25)26)9-10-16(17)20/h2-6,9-12,14,18,21H,7-8H2,1H3,(H,22,24). The van der Waals surface area contributed by atoms with E-state index in [1.165, 1.54) is 18.2 Å². The van der Waals surface area contributed by atoms with Gasteiger partial charge in [-0.05, 0) is 37.3 Å². The van der Waals surface area contributed by atoms with Gasteiger partial charge in [-0.25, -0.2) is 0 Å². The van der Waals surface area contributed by atoms with Gasteiger partial charge in [0.15, 0.2) is 0 Å². The number of halogens is 1. The van der Waals surface area contributed by atoms with Gasteiger partial charge in [-0.2, -0.15) is 0 Å². The Bertz CT molecular complexity index is 809. The van der Waals surface area contributed by atoms with Crippen LogP contribution in [-0.4, -0.2) is 16.9 Å². The number of carbonyl (C=O) groups excluding carboxylic acids is 1. The molecule has 1 saturated carbocycles. The van der Waals surface area contributed by atoms with E-state index in [4.69, 9.17) is 11.6 Å². The van der Waals surface area contributed by atoms with Gasteiger partial charge in [0.05, 0.1) is 21.7 Å². The van der Waals surface area contributed by atoms with Gasteiger partial charge in [0, 0.05) is 18.2 Å². The highest BCUT2D eigenvalue weighted by atomic mass is 35.5. The van der Waals surface area contributed by atoms with Gasteiger partial charge in [0.1, 0.15) is 0 Å². The number of anilines is 1. The fraction of sp³-hybridized carbons (Fsp3) is 0.316. The molecule has 0 spiro atoms. The maximum Gasteiger partial charge on any atom is 0.271 e. The molecule has 26 heavy (non-hydrogen) atoms. The summed E-state index contributed by atoms with van der Waals surface area (Å²) in [5.41, 5.74) is 1.27. The fourth-order valence-corrected chi connectivity index (χ4v) is 3.07. The van der Waals surface area contributed by atoms with Crippen molar-refractivity contribution < 1.29 is 9.72 Å². The summed E-state index contributed by atoms with van der Waals surface area (Å²) in [5.74, 6) is 0.239. The highest BCUT2D eigenvalue weighted by Crippen LogP contribution is 2.41. The van der Waals surface area contributed by atoms with Crippen LogP contribution < -0.4 is 10.6 Å². The normalized spacial score (nSPS) is 15.9. The third-order valence-corrected chi connectivity index (χ3v) is 4.82. The molecule has 2 unspecified atom stereocenters. The third-order valence-electron chi connectivity index (χ3n) is 4.49. The van der Waals surface area contributed by atoms with E-state index in [-0.39, 0.29) is 28.3 Å². The minimum absolute atomic E-state index is 0.109. The van der Waals surface area contributed by atoms with E-state index in [2.05, 4.69) is 22.8 Å². The van der Waals surface area contributed by atoms with Gasteiger partial charge in [-0.15, -0.1) is 0 Å². The fourth-order valence-electron chi connectivity index (χ4n) is 2.90. The summed E-state index contributed by atoms with van der Waals surface area (Å²) in [6.45, 7) is 1.78. The van der Waals surface area contributed by atoms with Gasteiger partial charge in [0.2, 0.25) is 5.91 Å². The first-order valence-corrected chi connectivity index (χ1v) is 8.89. The highest BCUT2D eigenvalue weighted by Gasteiger charge is 2.34. The quantitative estimate of drug-likeness (QED) is 0.559. The van der Waals surface area contributed by atoms with E-state index < -0.39 is 11.0 Å². The molecule has 0 radical (unpaired) electrons. The summed E-state index contributed by atoms with van der Waals surface area (Å²) in [6, 6.07) is 13.7. The number of rotatable bonds is 7. The molecule has 1 fully saturated rings. The van der Waals surface area contributed by atoms with E-state index in [0.717, 1.165) is 18.4 Å². The summed E-state index contributed by atoms with van der Waals surface area (Å²) in [4.78, 5) is 22.9. The first-order valence-electron chi connectivity index (χ1n) is 8.51. The van der Waals surface area contributed by atoms with E-state index in [0.29, 0.717) is 5.92 Å². The van der Waals surface area contributed by atoms with Crippen molar-refractivity contribution in [3.8, 4) is 0 Å². The molecular weight excluding hydrogens is 354 g/mol. The van der Waals surface area contributed by atoms with E-state index in [1.54, 1.807) is 6.92 Å². The highest BCUT2D eigenvalue weighted by molar-refractivity contribution is 6.33. The molecule has 2 atom stereocenters. The van der Waals surface area contributed by atoms with Crippen molar-refractivity contribution in [2.75, 3.05) is 5.32 Å². The lowest BCUT2D eigenvalue weighted by atomic mass is 10.0. The molecule has 6 nitrogen and oxygen atoms in total. The molecule has 0 aromatic heterocycles. The Balaban J connectivity index is 1.70. The number of non-ortho nitro benzene ring substituents is 1. The molecule has 0 aliphatic heterocycles. The summed E-state index contributed by atoms with van der Waals surface area (Å²) < 4.78 is 0. The SMILES string of the molecule is CC(NC(c1ccccc1)C1CC1)C(=O)Nc1cc([N+](=O)[O-])ccc1Cl. The summed E-state index contributed by atoms with van der Waals surface area (Å²) >= 11 is 6.05. The van der Waals surface area contributed by atoms with Crippen LogP contribution in [0.25, 0.3) is 0 Å². The lowest BCUT2D eigenvalue weighted by Gasteiger charge is -2.23. The Morgan fingerprint density at radius 2 is 1.92 bits per heavy atom. The molecule has 0 heterocycles. The summed E-state index contributed by atoms with van der Waals surface area (Å²) in [5, 5.41) is 17.2. The smallest absolute Gasteiger partial charge is 0.271 e. The van der Waals surface area contributed by atoms with Crippen LogP contribution in [0.15, 0.2) is 48.5 Å². The number of benzene rings is 2. The zero-order valence-electron chi connectivity index (χ0n) is 14.3. The predicted molar refractivity (Wildman–Crippen MR) is 101 cm³/mol. The number of amides is 1. The first kappa shape index (κ1) is 18.4. The number of nitrogens with one attached hydrogen (secondary N) is 2. The second kappa shape index (κ2) is 7.85. The van der Waals surface area contributed by atoms with Crippen molar-refractivity contribution >= 4 is 28.9 Å². The lowest BCUT2D eigenvalue weighted by molar-refractivity contribution is -0.384. The first-order chi connectivity index (χ1) is 12.5. The molecule has 0 bridgehead atoms. The number of nitrogens with zero attached hydrogens (tertiary/aromatic N) is 1. The van der Waals surface area contributed by atoms with Gasteiger partial charge in [-0.1, -0.05) is 41.9 Å². The molecule has 3 rings (SSSR count). The third kappa shape index (κ3) is 4.39. The molecule has 2 aromatic carbocycles. The molecule has 1 amide bonds. The van der Waals surface area contributed by atoms with Crippen LogP contribution in [0.2, 0.25) is 5.02 Å². The molecule has 1 aliphatic carbocycles. The molecule has 2 aromatic rings. The molecule has 0 saturated heterocycles. The van der Waals surface area contributed by atoms with Crippen LogP contribution >= 0.6 is 11.6 Å². The average Bonchev–Trinajstić information content (AvgIpc) is 3.46. The number of nitro benzene ring substituents is 1. The van der Waals surface area contributed by atoms with Crippen LogP contribution in [0, 0.1) is 16.0 Å². The number of hydrogen-bond donors (Lipinski definition) is 2. The van der Waals surface area contributed by atoms with Crippen LogP contribution in [0.4, 0.5) is 11.4 Å². The van der Waals surface area contributed by atoms with Crippen LogP contribution in [-0.2, 0) is 4.79 Å². The van der Waals surface area contributed by atoms with E-state index in [9.17, 15) is 14.9 Å². The Kier molecular flexibility index (Phi) is 5.54. The largest absolute Gasteiger partial charge is 0.323 e. The summed E-state index contributed by atoms with van der Waals surface area (Å²) in [6.07, 6.45) is 2.27. The molecule has 7 heteroatoms. The topological polar surface area (TPSA) is 84.3 Å². The zero-order valence-corrected chi connectivity index (χ0v) is 15.1. The monoisotopic (exact) mass is 373 g/mol. The second-order valence-corrected chi connectivity index (χ2v) is 6.93. The molecular formula is C19H20ClN3O3. The Labute approximate surface area is 156 Å². The number of nitro groups is 1.